The van der Waals surface area contributed by atoms with Crippen molar-refractivity contribution in [1.82, 2.24) is 35.0 Å². The van der Waals surface area contributed by atoms with Crippen LogP contribution in [0.3, 0.4) is 0 Å². The normalized spacial score (nSPS) is 18.6. The third-order valence-corrected chi connectivity index (χ3v) is 10.1. The van der Waals surface area contributed by atoms with Crippen LogP contribution < -0.4 is 20.1 Å². The number of aryl methyl sites for hydroxylation is 1. The van der Waals surface area contributed by atoms with Crippen molar-refractivity contribution in [2.24, 2.45) is 0 Å². The van der Waals surface area contributed by atoms with Gasteiger partial charge in [-0.15, -0.1) is 0 Å². The Morgan fingerprint density at radius 1 is 1.06 bits per heavy atom. The highest BCUT2D eigenvalue weighted by molar-refractivity contribution is 6.02. The summed E-state index contributed by atoms with van der Waals surface area (Å²) < 4.78 is 85.3. The minimum absolute atomic E-state index is 0.000771. The third-order valence-electron chi connectivity index (χ3n) is 10.1. The van der Waals surface area contributed by atoms with Crippen LogP contribution in [0.2, 0.25) is 0 Å². The van der Waals surface area contributed by atoms with Crippen LogP contribution >= 0.6 is 0 Å². The van der Waals surface area contributed by atoms with Crippen molar-refractivity contribution in [3.63, 3.8) is 0 Å². The Bertz CT molecular complexity index is 2100. The van der Waals surface area contributed by atoms with Crippen molar-refractivity contribution < 1.29 is 31.4 Å². The number of benzene rings is 1. The topological polar surface area (TPSA) is 131 Å². The Morgan fingerprint density at radius 3 is 2.47 bits per heavy atom. The number of anilines is 2. The van der Waals surface area contributed by atoms with E-state index in [-0.39, 0.29) is 57.5 Å². The number of nitrogens with one attached hydrogen (secondary N) is 1. The molecule has 3 N–H and O–H groups in total. The minimum atomic E-state index is -4.85. The molecule has 0 spiro atoms. The molecule has 4 aromatic heterocycles. The molecule has 16 heteroatoms. The van der Waals surface area contributed by atoms with Crippen molar-refractivity contribution in [3.05, 3.63) is 52.9 Å². The Balaban J connectivity index is 0.000000389. The van der Waals surface area contributed by atoms with Gasteiger partial charge in [0, 0.05) is 22.6 Å². The molecule has 2 aliphatic heterocycles. The van der Waals surface area contributed by atoms with Crippen molar-refractivity contribution in [1.29, 1.82) is 0 Å². The predicted molar refractivity (Wildman–Crippen MR) is 182 cm³/mol. The third kappa shape index (κ3) is 6.23. The van der Waals surface area contributed by atoms with Crippen LogP contribution in [-0.4, -0.2) is 73.9 Å². The monoisotopic (exact) mass is 711 g/mol. The summed E-state index contributed by atoms with van der Waals surface area (Å²) in [6.07, 6.45) is 4.68. The smallest absolute Gasteiger partial charge is 0.417 e. The Kier molecular flexibility index (Phi) is 9.06. The summed E-state index contributed by atoms with van der Waals surface area (Å²) in [6.45, 7) is 7.52. The number of aromatic amines is 1. The van der Waals surface area contributed by atoms with E-state index in [1.165, 1.54) is 77.6 Å². The summed E-state index contributed by atoms with van der Waals surface area (Å²) >= 11 is 0. The van der Waals surface area contributed by atoms with E-state index >= 15 is 4.39 Å². The van der Waals surface area contributed by atoms with Crippen LogP contribution in [0.1, 0.15) is 68.7 Å². The number of likely N-dealkylation sites (tertiary alicyclic amines) is 1. The molecular weight excluding hydrogens is 673 g/mol. The number of nitrogens with two attached hydrogens (primary N) is 1. The maximum atomic E-state index is 16.6. The fourth-order valence-electron chi connectivity index (χ4n) is 7.35. The maximum absolute atomic E-state index is 16.6. The van der Waals surface area contributed by atoms with E-state index in [1.54, 1.807) is 18.7 Å². The van der Waals surface area contributed by atoms with Gasteiger partial charge in [0.2, 0.25) is 5.88 Å². The van der Waals surface area contributed by atoms with E-state index in [9.17, 15) is 17.6 Å². The summed E-state index contributed by atoms with van der Waals surface area (Å²) in [4.78, 5) is 21.2. The molecule has 0 radical (unpaired) electrons. The number of hydrogen-bond donors (Lipinski definition) is 2. The number of fused-ring (bicyclic) bond motifs is 1. The van der Waals surface area contributed by atoms with Crippen LogP contribution in [0.4, 0.5) is 33.6 Å². The van der Waals surface area contributed by atoms with Gasteiger partial charge in [0.1, 0.15) is 40.7 Å². The lowest BCUT2D eigenvalue weighted by Gasteiger charge is -2.34. The number of ether oxygens (including phenoxy) is 2. The predicted octanol–water partition coefficient (Wildman–Crippen LogP) is 7.14. The maximum Gasteiger partial charge on any atom is 0.417 e. The van der Waals surface area contributed by atoms with Crippen molar-refractivity contribution in [3.8, 4) is 23.1 Å². The zero-order chi connectivity index (χ0) is 36.2. The summed E-state index contributed by atoms with van der Waals surface area (Å²) in [5.41, 5.74) is 3.93. The van der Waals surface area contributed by atoms with Gasteiger partial charge in [-0.05, 0) is 77.2 Å². The zero-order valence-corrected chi connectivity index (χ0v) is 28.6. The number of nitrogens with zero attached hydrogens (tertiary/aromatic N) is 7. The van der Waals surface area contributed by atoms with Gasteiger partial charge in [-0.1, -0.05) is 6.42 Å². The molecule has 1 aromatic carbocycles. The first-order chi connectivity index (χ1) is 24.4. The van der Waals surface area contributed by atoms with E-state index in [2.05, 4.69) is 35.0 Å². The Morgan fingerprint density at radius 2 is 1.80 bits per heavy atom. The number of nitrogen functional groups attached to an aromatic ring is 1. The fourth-order valence-corrected chi connectivity index (χ4v) is 7.35. The molecule has 2 atom stereocenters. The molecule has 1 saturated heterocycles. The average Bonchev–Trinajstić information content (AvgIpc) is 3.74. The molecule has 6 heterocycles. The molecule has 0 bridgehead atoms. The number of rotatable bonds is 5. The molecule has 1 unspecified atom stereocenters. The number of H-pyrrole nitrogens is 1. The van der Waals surface area contributed by atoms with Crippen molar-refractivity contribution in [2.75, 3.05) is 37.4 Å². The first kappa shape index (κ1) is 34.6. The molecule has 0 amide bonds. The van der Waals surface area contributed by atoms with Gasteiger partial charge in [0.25, 0.3) is 0 Å². The SMILES string of the molecule is C1CC(N2CCCC2)C1.COc1nc2c3c(nc(-c4c(C(F)(F)F)c(C)cc5[nH]ncc45)c(F)c3n1)OC[C@H](C)N2C(C)c1cc(F)cnc1N. The number of halogens is 5. The van der Waals surface area contributed by atoms with Gasteiger partial charge in [0.05, 0.1) is 42.7 Å². The first-order valence-corrected chi connectivity index (χ1v) is 16.9. The van der Waals surface area contributed by atoms with Gasteiger partial charge in [-0.3, -0.25) is 5.10 Å². The summed E-state index contributed by atoms with van der Waals surface area (Å²) in [6, 6.07) is 2.11. The van der Waals surface area contributed by atoms with E-state index in [0.29, 0.717) is 5.56 Å². The summed E-state index contributed by atoms with van der Waals surface area (Å²) in [5, 5.41) is 6.52. The highest BCUT2D eigenvalue weighted by atomic mass is 19.4. The van der Waals surface area contributed by atoms with Gasteiger partial charge in [0.15, 0.2) is 5.82 Å². The van der Waals surface area contributed by atoms with E-state index in [1.807, 2.05) is 0 Å². The molecule has 5 aromatic rings. The van der Waals surface area contributed by atoms with Gasteiger partial charge < -0.3 is 25.0 Å². The van der Waals surface area contributed by atoms with Crippen molar-refractivity contribution in [2.45, 2.75) is 77.2 Å². The summed E-state index contributed by atoms with van der Waals surface area (Å²) in [5.74, 6) is -1.76. The van der Waals surface area contributed by atoms with Gasteiger partial charge in [-0.25, -0.2) is 18.7 Å². The van der Waals surface area contributed by atoms with Crippen LogP contribution in [0.15, 0.2) is 24.5 Å². The molecule has 11 nitrogen and oxygen atoms in total. The van der Waals surface area contributed by atoms with E-state index in [4.69, 9.17) is 15.2 Å². The quantitative estimate of drug-likeness (QED) is 0.181. The first-order valence-electron chi connectivity index (χ1n) is 16.9. The van der Waals surface area contributed by atoms with Crippen LogP contribution in [0, 0.1) is 18.6 Å². The number of methoxy groups -OCH3 is 1. The average molecular weight is 712 g/mol. The minimum Gasteiger partial charge on any atom is -0.475 e. The van der Waals surface area contributed by atoms with Crippen LogP contribution in [0.5, 0.6) is 11.9 Å². The molecular formula is C35H38F5N9O2. The molecule has 1 saturated carbocycles. The van der Waals surface area contributed by atoms with Crippen LogP contribution in [0.25, 0.3) is 33.1 Å². The lowest BCUT2D eigenvalue weighted by Crippen LogP contribution is -2.39. The molecule has 1 aliphatic carbocycles. The van der Waals surface area contributed by atoms with E-state index in [0.717, 1.165) is 12.2 Å². The standard InChI is InChI=1S/C27H23F5N8O2.C8H15N/c1-10-5-16-15(8-35-39-16)17(19(10)27(30,31)32)21-20(29)22-18-24(38-26(37-22)41-4)40(11(2)9-42-25(18)36-21)12(3)14-6-13(28)7-34-23(14)33;1-2-7-9(6-1)8-4-3-5-8/h5-8,11-12H,9H2,1-4H3,(H2,33,34)(H,35,39);8H,1-7H2/t11-,12?;/m0./s1. The Hall–Kier alpha value is -4.86. The lowest BCUT2D eigenvalue weighted by molar-refractivity contribution is -0.137. The number of aromatic nitrogens is 6. The highest BCUT2D eigenvalue weighted by Gasteiger charge is 2.40. The van der Waals surface area contributed by atoms with Gasteiger partial charge >= 0.3 is 12.2 Å². The second-order valence-corrected chi connectivity index (χ2v) is 13.3. The molecule has 270 valence electrons. The fraction of sp³-hybridized carbons (Fsp3) is 0.457. The van der Waals surface area contributed by atoms with E-state index < -0.39 is 46.7 Å². The molecule has 51 heavy (non-hydrogen) atoms. The molecule has 8 rings (SSSR count). The highest BCUT2D eigenvalue weighted by Crippen LogP contribution is 2.47. The largest absolute Gasteiger partial charge is 0.475 e. The second kappa shape index (κ2) is 13.4. The van der Waals surface area contributed by atoms with Crippen molar-refractivity contribution >= 4 is 33.4 Å². The Labute approximate surface area is 290 Å². The lowest BCUT2D eigenvalue weighted by atomic mass is 9.92. The number of alkyl halides is 3. The molecule has 2 fully saturated rings. The van der Waals surface area contributed by atoms with Crippen LogP contribution in [-0.2, 0) is 6.18 Å². The zero-order valence-electron chi connectivity index (χ0n) is 28.6. The number of pyridine rings is 2. The summed E-state index contributed by atoms with van der Waals surface area (Å²) in [7, 11) is 1.27. The van der Waals surface area contributed by atoms with Gasteiger partial charge in [-0.2, -0.15) is 28.2 Å². The number of hydrogen-bond acceptors (Lipinski definition) is 10. The second-order valence-electron chi connectivity index (χ2n) is 13.3. The molecule has 3 aliphatic rings.